The molecule has 0 radical (unpaired) electrons. The smallest absolute Gasteiger partial charge is 0.322 e. The summed E-state index contributed by atoms with van der Waals surface area (Å²) in [5, 5.41) is 6.98. The Morgan fingerprint density at radius 1 is 1.29 bits per heavy atom. The first-order chi connectivity index (χ1) is 10.3. The summed E-state index contributed by atoms with van der Waals surface area (Å²) in [6, 6.07) is 8.62. The fraction of sp³-hybridized carbons (Fsp3) is 0.588. The largest absolute Gasteiger partial charge is 0.333 e. The lowest BCUT2D eigenvalue weighted by atomic mass is 9.90. The first kappa shape index (κ1) is 13.1. The van der Waals surface area contributed by atoms with Crippen molar-refractivity contribution in [3.63, 3.8) is 0 Å². The van der Waals surface area contributed by atoms with Crippen molar-refractivity contribution in [2.45, 2.75) is 50.1 Å². The molecule has 1 aromatic rings. The highest BCUT2D eigenvalue weighted by Gasteiger charge is 2.45. The molecule has 1 spiro atoms. The van der Waals surface area contributed by atoms with E-state index in [-0.39, 0.29) is 11.6 Å². The Morgan fingerprint density at radius 2 is 2.10 bits per heavy atom. The van der Waals surface area contributed by atoms with Crippen LogP contribution in [0.3, 0.4) is 0 Å². The summed E-state index contributed by atoms with van der Waals surface area (Å²) in [5.74, 6) is 0. The number of anilines is 1. The minimum absolute atomic E-state index is 0.0833. The number of para-hydroxylation sites is 1. The van der Waals surface area contributed by atoms with Gasteiger partial charge in [-0.05, 0) is 43.9 Å². The topological polar surface area (TPSA) is 44.4 Å². The molecule has 4 nitrogen and oxygen atoms in total. The van der Waals surface area contributed by atoms with Gasteiger partial charge in [0.25, 0.3) is 0 Å². The van der Waals surface area contributed by atoms with Crippen LogP contribution < -0.4 is 15.5 Å². The first-order valence-electron chi connectivity index (χ1n) is 8.19. The molecule has 0 unspecified atom stereocenters. The van der Waals surface area contributed by atoms with E-state index in [4.69, 9.17) is 0 Å². The first-order valence-corrected chi connectivity index (χ1v) is 8.19. The summed E-state index contributed by atoms with van der Waals surface area (Å²) in [7, 11) is 0. The van der Waals surface area contributed by atoms with E-state index in [1.165, 1.54) is 31.2 Å². The lowest BCUT2D eigenvalue weighted by Gasteiger charge is -2.33. The van der Waals surface area contributed by atoms with Gasteiger partial charge < -0.3 is 10.6 Å². The van der Waals surface area contributed by atoms with Crippen LogP contribution in [-0.2, 0) is 6.42 Å². The maximum atomic E-state index is 12.7. The standard InChI is InChI=1S/C17H23N3O/c21-16(20-12-8-13-5-1-2-6-14(13)20)19-15-7-11-18-17(15)9-3-4-10-17/h1-2,5-6,15,18H,3-4,7-12H2,(H,19,21)/t15-/m1/s1. The monoisotopic (exact) mass is 285 g/mol. The molecule has 3 aliphatic rings. The van der Waals surface area contributed by atoms with Crippen LogP contribution in [0.5, 0.6) is 0 Å². The lowest BCUT2D eigenvalue weighted by Crippen LogP contribution is -2.55. The van der Waals surface area contributed by atoms with Crippen molar-refractivity contribution in [2.24, 2.45) is 0 Å². The Kier molecular flexibility index (Phi) is 3.14. The van der Waals surface area contributed by atoms with E-state index >= 15 is 0 Å². The van der Waals surface area contributed by atoms with Crippen molar-refractivity contribution in [3.05, 3.63) is 29.8 Å². The van der Waals surface area contributed by atoms with Crippen molar-refractivity contribution >= 4 is 11.7 Å². The number of amides is 2. The van der Waals surface area contributed by atoms with E-state index in [1.54, 1.807) is 0 Å². The van der Waals surface area contributed by atoms with Gasteiger partial charge in [0.1, 0.15) is 0 Å². The number of urea groups is 1. The molecule has 1 saturated carbocycles. The van der Waals surface area contributed by atoms with Gasteiger partial charge in [-0.25, -0.2) is 4.79 Å². The lowest BCUT2D eigenvalue weighted by molar-refractivity contribution is 0.232. The van der Waals surface area contributed by atoms with E-state index in [0.717, 1.165) is 31.6 Å². The zero-order valence-corrected chi connectivity index (χ0v) is 12.4. The van der Waals surface area contributed by atoms with Crippen molar-refractivity contribution in [2.75, 3.05) is 18.0 Å². The molecule has 1 aliphatic carbocycles. The molecule has 0 aromatic heterocycles. The minimum Gasteiger partial charge on any atom is -0.333 e. The number of hydrogen-bond acceptors (Lipinski definition) is 2. The maximum absolute atomic E-state index is 12.7. The van der Waals surface area contributed by atoms with Crippen molar-refractivity contribution in [1.82, 2.24) is 10.6 Å². The summed E-state index contributed by atoms with van der Waals surface area (Å²) < 4.78 is 0. The van der Waals surface area contributed by atoms with Crippen LogP contribution in [0.1, 0.15) is 37.7 Å². The van der Waals surface area contributed by atoms with Crippen LogP contribution in [0.15, 0.2) is 24.3 Å². The highest BCUT2D eigenvalue weighted by Crippen LogP contribution is 2.37. The second-order valence-corrected chi connectivity index (χ2v) is 6.61. The minimum atomic E-state index is 0.0833. The third-order valence-corrected chi connectivity index (χ3v) is 5.50. The molecule has 0 bridgehead atoms. The number of benzene rings is 1. The van der Waals surface area contributed by atoms with Crippen LogP contribution in [0.4, 0.5) is 10.5 Å². The second kappa shape index (κ2) is 5.02. The average molecular weight is 285 g/mol. The van der Waals surface area contributed by atoms with Gasteiger partial charge in [0.15, 0.2) is 0 Å². The van der Waals surface area contributed by atoms with E-state index in [9.17, 15) is 4.79 Å². The number of nitrogens with zero attached hydrogens (tertiary/aromatic N) is 1. The van der Waals surface area contributed by atoms with Crippen LogP contribution in [0.2, 0.25) is 0 Å². The third-order valence-electron chi connectivity index (χ3n) is 5.50. The summed E-state index contributed by atoms with van der Waals surface area (Å²) in [5.41, 5.74) is 2.55. The summed E-state index contributed by atoms with van der Waals surface area (Å²) in [4.78, 5) is 14.6. The molecule has 1 atom stereocenters. The van der Waals surface area contributed by atoms with Crippen molar-refractivity contribution in [1.29, 1.82) is 0 Å². The van der Waals surface area contributed by atoms with E-state index < -0.39 is 0 Å². The highest BCUT2D eigenvalue weighted by atomic mass is 16.2. The Morgan fingerprint density at radius 3 is 2.95 bits per heavy atom. The molecular formula is C17H23N3O. The Hall–Kier alpha value is -1.55. The predicted molar refractivity (Wildman–Crippen MR) is 83.6 cm³/mol. The molecule has 1 saturated heterocycles. The normalized spacial score (nSPS) is 26.3. The Bertz CT molecular complexity index is 545. The molecule has 2 aliphatic heterocycles. The van der Waals surface area contributed by atoms with Gasteiger partial charge in [-0.1, -0.05) is 31.0 Å². The van der Waals surface area contributed by atoms with Gasteiger partial charge in [0, 0.05) is 23.8 Å². The van der Waals surface area contributed by atoms with E-state index in [2.05, 4.69) is 28.8 Å². The number of hydrogen-bond donors (Lipinski definition) is 2. The van der Waals surface area contributed by atoms with Crippen LogP contribution in [0, 0.1) is 0 Å². The number of carbonyl (C=O) groups excluding carboxylic acids is 1. The second-order valence-electron chi connectivity index (χ2n) is 6.61. The maximum Gasteiger partial charge on any atom is 0.322 e. The van der Waals surface area contributed by atoms with Gasteiger partial charge in [-0.15, -0.1) is 0 Å². The molecule has 21 heavy (non-hydrogen) atoms. The zero-order chi connectivity index (χ0) is 14.3. The summed E-state index contributed by atoms with van der Waals surface area (Å²) in [6.07, 6.45) is 7.00. The van der Waals surface area contributed by atoms with Gasteiger partial charge in [-0.3, -0.25) is 4.90 Å². The van der Waals surface area contributed by atoms with Gasteiger partial charge in [-0.2, -0.15) is 0 Å². The van der Waals surface area contributed by atoms with Crippen molar-refractivity contribution in [3.8, 4) is 0 Å². The Balaban J connectivity index is 1.49. The fourth-order valence-electron chi connectivity index (χ4n) is 4.38. The van der Waals surface area contributed by atoms with Gasteiger partial charge in [0.2, 0.25) is 0 Å². The summed E-state index contributed by atoms with van der Waals surface area (Å²) in [6.45, 7) is 1.83. The van der Waals surface area contributed by atoms with Crippen molar-refractivity contribution < 1.29 is 4.79 Å². The van der Waals surface area contributed by atoms with Gasteiger partial charge in [0.05, 0.1) is 0 Å². The molecule has 2 N–H and O–H groups in total. The highest BCUT2D eigenvalue weighted by molar-refractivity contribution is 5.94. The number of nitrogens with one attached hydrogen (secondary N) is 2. The van der Waals surface area contributed by atoms with Crippen LogP contribution >= 0.6 is 0 Å². The third kappa shape index (κ3) is 2.13. The molecule has 4 rings (SSSR count). The quantitative estimate of drug-likeness (QED) is 0.832. The number of fused-ring (bicyclic) bond motifs is 1. The predicted octanol–water partition coefficient (Wildman–Crippen LogP) is 2.43. The molecule has 1 aromatic carbocycles. The fourth-order valence-corrected chi connectivity index (χ4v) is 4.38. The van der Waals surface area contributed by atoms with Crippen LogP contribution in [-0.4, -0.2) is 30.7 Å². The molecule has 112 valence electrons. The average Bonchev–Trinajstić information content (AvgIpc) is 3.22. The van der Waals surface area contributed by atoms with E-state index in [1.807, 2.05) is 11.0 Å². The molecular weight excluding hydrogens is 262 g/mol. The molecule has 4 heteroatoms. The molecule has 2 heterocycles. The molecule has 2 amide bonds. The van der Waals surface area contributed by atoms with E-state index in [0.29, 0.717) is 6.04 Å². The SMILES string of the molecule is O=C(N[C@@H]1CCNC12CCCC2)N1CCc2ccccc21. The Labute approximate surface area is 125 Å². The zero-order valence-electron chi connectivity index (χ0n) is 12.4. The number of rotatable bonds is 1. The van der Waals surface area contributed by atoms with Gasteiger partial charge >= 0.3 is 6.03 Å². The summed E-state index contributed by atoms with van der Waals surface area (Å²) >= 11 is 0. The molecule has 2 fully saturated rings. The van der Waals surface area contributed by atoms with Crippen LogP contribution in [0.25, 0.3) is 0 Å². The number of carbonyl (C=O) groups is 1.